The molecule has 1 N–H and O–H groups in total. The van der Waals surface area contributed by atoms with Crippen molar-refractivity contribution in [2.24, 2.45) is 0 Å². The summed E-state index contributed by atoms with van der Waals surface area (Å²) in [7, 11) is 0. The van der Waals surface area contributed by atoms with Crippen LogP contribution in [0.5, 0.6) is 5.75 Å². The minimum atomic E-state index is -3.09. The van der Waals surface area contributed by atoms with Gasteiger partial charge < -0.3 is 18.7 Å². The summed E-state index contributed by atoms with van der Waals surface area (Å²) in [5.74, 6) is -3.15. The summed E-state index contributed by atoms with van der Waals surface area (Å²) < 4.78 is 72.6. The second-order valence-electron chi connectivity index (χ2n) is 11.9. The van der Waals surface area contributed by atoms with Crippen molar-refractivity contribution >= 4 is 39.8 Å². The first-order valence-corrected chi connectivity index (χ1v) is 16.0. The Hall–Kier alpha value is -4.94. The third-order valence-corrected chi connectivity index (χ3v) is 9.30. The summed E-state index contributed by atoms with van der Waals surface area (Å²) in [5, 5.41) is 9.61. The number of alkyl halides is 3. The largest absolute Gasteiger partial charge is 0.480 e. The first-order valence-electron chi connectivity index (χ1n) is 15.4. The van der Waals surface area contributed by atoms with E-state index in [4.69, 9.17) is 25.2 Å². The topological polar surface area (TPSA) is 102 Å². The highest BCUT2D eigenvalue weighted by atomic mass is 35.5. The number of carbonyl (C=O) groups is 1. The predicted molar refractivity (Wildman–Crippen MR) is 175 cm³/mol. The molecule has 0 spiro atoms. The number of likely N-dealkylation sites (tertiary alicyclic amines) is 1. The molecule has 8 nitrogen and oxygen atoms in total. The standard InChI is InChI=1S/C36H28ClF4N3O5/c1-17-21(22-7-4-9-24(18(22)2)34-43-26-12-19(15-37)30(38)31(39)32(26)49-34)6-3-8-23(17)33-42-25-13-20(16-44-11-5-10-27(44)35(45)46)28(48-36(40)41)14-29(25)47-33/h3-4,6-9,12-14,27,36H,5,10-11,15-16H2,1-2H3,(H,45,46)/t27-/m0/s1. The number of halogens is 5. The fourth-order valence-electron chi connectivity index (χ4n) is 6.54. The molecule has 4 aromatic carbocycles. The maximum atomic E-state index is 14.7. The van der Waals surface area contributed by atoms with Gasteiger partial charge in [0.15, 0.2) is 17.0 Å². The van der Waals surface area contributed by atoms with Gasteiger partial charge >= 0.3 is 12.6 Å². The van der Waals surface area contributed by atoms with Crippen LogP contribution in [0.1, 0.15) is 35.1 Å². The van der Waals surface area contributed by atoms with Crippen molar-refractivity contribution in [3.8, 4) is 39.8 Å². The Morgan fingerprint density at radius 2 is 1.55 bits per heavy atom. The molecule has 252 valence electrons. The van der Waals surface area contributed by atoms with Gasteiger partial charge in [0, 0.05) is 34.9 Å². The molecule has 0 radical (unpaired) electrons. The molecule has 13 heteroatoms. The Morgan fingerprint density at radius 1 is 0.939 bits per heavy atom. The molecule has 0 amide bonds. The summed E-state index contributed by atoms with van der Waals surface area (Å²) >= 11 is 5.79. The van der Waals surface area contributed by atoms with Gasteiger partial charge in [0.2, 0.25) is 17.6 Å². The number of rotatable bonds is 9. The number of benzene rings is 4. The van der Waals surface area contributed by atoms with Gasteiger partial charge in [0.25, 0.3) is 0 Å². The number of carboxylic acids is 1. The Balaban J connectivity index is 1.26. The number of hydrogen-bond donors (Lipinski definition) is 1. The Bertz CT molecular complexity index is 2250. The van der Waals surface area contributed by atoms with Gasteiger partial charge in [0.1, 0.15) is 22.8 Å². The van der Waals surface area contributed by atoms with E-state index in [1.807, 2.05) is 38.1 Å². The van der Waals surface area contributed by atoms with Gasteiger partial charge in [0.05, 0.1) is 5.88 Å². The molecule has 1 aliphatic rings. The van der Waals surface area contributed by atoms with Crippen molar-refractivity contribution in [1.82, 2.24) is 14.9 Å². The number of oxazole rings is 2. The average molecular weight is 694 g/mol. The maximum absolute atomic E-state index is 14.7. The average Bonchev–Trinajstić information content (AvgIpc) is 3.82. The van der Waals surface area contributed by atoms with Crippen molar-refractivity contribution in [3.63, 3.8) is 0 Å². The molecule has 1 saturated heterocycles. The van der Waals surface area contributed by atoms with E-state index in [-0.39, 0.29) is 52.2 Å². The molecular formula is C36H28ClF4N3O5. The Kier molecular flexibility index (Phi) is 8.53. The van der Waals surface area contributed by atoms with Crippen LogP contribution in [0.4, 0.5) is 17.6 Å². The van der Waals surface area contributed by atoms with Gasteiger partial charge in [-0.3, -0.25) is 9.69 Å². The summed E-state index contributed by atoms with van der Waals surface area (Å²) in [5.41, 5.74) is 5.28. The highest BCUT2D eigenvalue weighted by Gasteiger charge is 2.31. The molecular weight excluding hydrogens is 666 g/mol. The van der Waals surface area contributed by atoms with Crippen LogP contribution < -0.4 is 4.74 Å². The molecule has 49 heavy (non-hydrogen) atoms. The van der Waals surface area contributed by atoms with Crippen LogP contribution >= 0.6 is 11.6 Å². The minimum Gasteiger partial charge on any atom is -0.480 e. The number of aromatic nitrogens is 2. The number of carboxylic acid groups (broad SMARTS) is 1. The molecule has 1 atom stereocenters. The van der Waals surface area contributed by atoms with E-state index in [0.717, 1.165) is 22.3 Å². The second kappa shape index (κ2) is 12.8. The summed E-state index contributed by atoms with van der Waals surface area (Å²) in [6.07, 6.45) is 1.15. The van der Waals surface area contributed by atoms with Crippen molar-refractivity contribution in [2.75, 3.05) is 6.54 Å². The van der Waals surface area contributed by atoms with Gasteiger partial charge in [-0.1, -0.05) is 24.3 Å². The molecule has 7 rings (SSSR count). The zero-order chi connectivity index (χ0) is 34.6. The normalized spacial score (nSPS) is 15.2. The molecule has 1 fully saturated rings. The smallest absolute Gasteiger partial charge is 0.387 e. The van der Waals surface area contributed by atoms with E-state index in [0.29, 0.717) is 41.6 Å². The van der Waals surface area contributed by atoms with Crippen molar-refractivity contribution < 1.29 is 41.0 Å². The highest BCUT2D eigenvalue weighted by Crippen LogP contribution is 2.39. The Morgan fingerprint density at radius 3 is 2.18 bits per heavy atom. The van der Waals surface area contributed by atoms with Crippen molar-refractivity contribution in [2.45, 2.75) is 51.8 Å². The zero-order valence-corrected chi connectivity index (χ0v) is 27.0. The molecule has 0 bridgehead atoms. The lowest BCUT2D eigenvalue weighted by Crippen LogP contribution is -2.35. The molecule has 0 aliphatic carbocycles. The summed E-state index contributed by atoms with van der Waals surface area (Å²) in [6, 6.07) is 14.7. The number of ether oxygens (including phenoxy) is 1. The number of aliphatic carboxylic acids is 1. The lowest BCUT2D eigenvalue weighted by Gasteiger charge is -2.22. The second-order valence-corrected chi connectivity index (χ2v) is 12.2. The lowest BCUT2D eigenvalue weighted by molar-refractivity contribution is -0.142. The maximum Gasteiger partial charge on any atom is 0.387 e. The third-order valence-electron chi connectivity index (χ3n) is 9.01. The van der Waals surface area contributed by atoms with Gasteiger partial charge in [-0.15, -0.1) is 11.6 Å². The van der Waals surface area contributed by atoms with Crippen molar-refractivity contribution in [3.05, 3.63) is 88.5 Å². The first-order chi connectivity index (χ1) is 23.5. The van der Waals surface area contributed by atoms with Crippen LogP contribution in [0, 0.1) is 25.5 Å². The predicted octanol–water partition coefficient (Wildman–Crippen LogP) is 9.25. The lowest BCUT2D eigenvalue weighted by atomic mass is 9.91. The van der Waals surface area contributed by atoms with Gasteiger partial charge in [-0.25, -0.2) is 14.4 Å². The molecule has 6 aromatic rings. The van der Waals surface area contributed by atoms with Crippen molar-refractivity contribution in [1.29, 1.82) is 0 Å². The molecule has 2 aromatic heterocycles. The molecule has 3 heterocycles. The van der Waals surface area contributed by atoms with E-state index in [1.165, 1.54) is 12.1 Å². The molecule has 1 aliphatic heterocycles. The highest BCUT2D eigenvalue weighted by molar-refractivity contribution is 6.17. The third kappa shape index (κ3) is 5.89. The van der Waals surface area contributed by atoms with E-state index < -0.39 is 30.3 Å². The van der Waals surface area contributed by atoms with E-state index in [2.05, 4.69) is 9.97 Å². The monoisotopic (exact) mass is 693 g/mol. The zero-order valence-electron chi connectivity index (χ0n) is 26.2. The van der Waals surface area contributed by atoms with Crippen LogP contribution in [-0.2, 0) is 17.2 Å². The van der Waals surface area contributed by atoms with Crippen LogP contribution in [0.15, 0.2) is 63.4 Å². The van der Waals surface area contributed by atoms with Crippen LogP contribution in [-0.4, -0.2) is 45.1 Å². The fraction of sp³-hybridized carbons (Fsp3) is 0.250. The molecule has 0 unspecified atom stereocenters. The van der Waals surface area contributed by atoms with Crippen LogP contribution in [0.3, 0.4) is 0 Å². The van der Waals surface area contributed by atoms with Gasteiger partial charge in [-0.05, 0) is 79.8 Å². The fourth-order valence-corrected chi connectivity index (χ4v) is 6.74. The van der Waals surface area contributed by atoms with E-state index >= 15 is 0 Å². The number of hydrogen-bond acceptors (Lipinski definition) is 7. The van der Waals surface area contributed by atoms with E-state index in [1.54, 1.807) is 23.1 Å². The van der Waals surface area contributed by atoms with Crippen LogP contribution in [0.25, 0.3) is 56.2 Å². The number of fused-ring (bicyclic) bond motifs is 2. The van der Waals surface area contributed by atoms with E-state index in [9.17, 15) is 27.5 Å². The van der Waals surface area contributed by atoms with Gasteiger partial charge in [-0.2, -0.15) is 13.2 Å². The summed E-state index contributed by atoms with van der Waals surface area (Å²) in [4.78, 5) is 22.6. The minimum absolute atomic E-state index is 0.0176. The molecule has 0 saturated carbocycles. The quantitative estimate of drug-likeness (QED) is 0.118. The Labute approximate surface area is 281 Å². The van der Waals surface area contributed by atoms with Crippen LogP contribution in [0.2, 0.25) is 0 Å². The first kappa shape index (κ1) is 32.6. The summed E-state index contributed by atoms with van der Waals surface area (Å²) in [6.45, 7) is 1.28. The SMILES string of the molecule is Cc1c(-c2nc3cc(CN4CCC[C@H]4C(=O)O)c(OC(F)F)cc3o2)cccc1-c1cccc(-c2nc3cc(CCl)c(F)c(F)c3o2)c1C. The number of nitrogens with zero attached hydrogens (tertiary/aromatic N) is 3.